The quantitative estimate of drug-likeness (QED) is 0.649. The first-order valence-electron chi connectivity index (χ1n) is 8.54. The molecular weight excluding hydrogens is 432 g/mol. The predicted molar refractivity (Wildman–Crippen MR) is 106 cm³/mol. The smallest absolute Gasteiger partial charge is 0.264 e. The maximum absolute atomic E-state index is 13.0. The summed E-state index contributed by atoms with van der Waals surface area (Å²) in [6.07, 6.45) is 1.86. The van der Waals surface area contributed by atoms with E-state index in [9.17, 15) is 13.2 Å². The normalized spacial score (nSPS) is 17.5. The van der Waals surface area contributed by atoms with Gasteiger partial charge in [-0.05, 0) is 54.8 Å². The summed E-state index contributed by atoms with van der Waals surface area (Å²) in [4.78, 5) is 19.7. The number of hydroxylamine groups is 1. The molecule has 1 heterocycles. The van der Waals surface area contributed by atoms with Gasteiger partial charge in [0.1, 0.15) is 0 Å². The maximum Gasteiger partial charge on any atom is 0.264 e. The van der Waals surface area contributed by atoms with Gasteiger partial charge in [-0.2, -0.15) is 0 Å². The van der Waals surface area contributed by atoms with Crippen molar-refractivity contribution in [3.05, 3.63) is 64.1 Å². The summed E-state index contributed by atoms with van der Waals surface area (Å²) in [5.74, 6) is -0.0931. The van der Waals surface area contributed by atoms with Crippen molar-refractivity contribution in [2.75, 3.05) is 20.7 Å². The molecular formula is C19H21BrN2O4S. The summed E-state index contributed by atoms with van der Waals surface area (Å²) < 4.78 is 26.3. The molecule has 0 aromatic heterocycles. The van der Waals surface area contributed by atoms with Gasteiger partial charge in [-0.1, -0.05) is 32.5 Å². The van der Waals surface area contributed by atoms with Crippen LogP contribution in [0.4, 0.5) is 0 Å². The molecule has 0 aliphatic carbocycles. The van der Waals surface area contributed by atoms with Crippen molar-refractivity contribution in [1.29, 1.82) is 0 Å². The molecule has 3 rings (SSSR count). The second-order valence-corrected chi connectivity index (χ2v) is 9.18. The van der Waals surface area contributed by atoms with Crippen LogP contribution in [0.1, 0.15) is 34.8 Å². The Bertz CT molecular complexity index is 914. The van der Waals surface area contributed by atoms with Crippen LogP contribution < -0.4 is 0 Å². The van der Waals surface area contributed by atoms with Crippen LogP contribution in [0.25, 0.3) is 0 Å². The lowest BCUT2D eigenvalue weighted by Crippen LogP contribution is -2.30. The fourth-order valence-corrected chi connectivity index (χ4v) is 4.46. The van der Waals surface area contributed by atoms with Crippen LogP contribution in [0.2, 0.25) is 0 Å². The molecule has 144 valence electrons. The molecule has 1 aliphatic heterocycles. The molecule has 1 amide bonds. The summed E-state index contributed by atoms with van der Waals surface area (Å²) in [6, 6.07) is 14.0. The fourth-order valence-electron chi connectivity index (χ4n) is 3.22. The molecule has 6 nitrogen and oxygen atoms in total. The Morgan fingerprint density at radius 2 is 1.78 bits per heavy atom. The van der Waals surface area contributed by atoms with E-state index in [1.165, 1.54) is 26.3 Å². The molecule has 27 heavy (non-hydrogen) atoms. The number of hydrogen-bond acceptors (Lipinski definition) is 4. The summed E-state index contributed by atoms with van der Waals surface area (Å²) in [7, 11) is -1.12. The fraction of sp³-hybridized carbons (Fsp3) is 0.316. The number of rotatable bonds is 5. The minimum Gasteiger partial charge on any atom is -0.332 e. The number of sulfonamides is 1. The molecule has 2 aromatic rings. The van der Waals surface area contributed by atoms with E-state index >= 15 is 0 Å². The van der Waals surface area contributed by atoms with Crippen molar-refractivity contribution in [2.24, 2.45) is 0 Å². The highest BCUT2D eigenvalue weighted by atomic mass is 79.9. The van der Waals surface area contributed by atoms with Crippen molar-refractivity contribution in [3.63, 3.8) is 0 Å². The van der Waals surface area contributed by atoms with Crippen molar-refractivity contribution in [2.45, 2.75) is 23.8 Å². The number of halogens is 1. The minimum atomic E-state index is -3.73. The molecule has 8 heteroatoms. The van der Waals surface area contributed by atoms with Crippen LogP contribution in [0.5, 0.6) is 0 Å². The van der Waals surface area contributed by atoms with Gasteiger partial charge >= 0.3 is 0 Å². The number of benzene rings is 2. The van der Waals surface area contributed by atoms with Gasteiger partial charge in [0.05, 0.1) is 18.0 Å². The average molecular weight is 453 g/mol. The topological polar surface area (TPSA) is 66.9 Å². The van der Waals surface area contributed by atoms with E-state index in [1.54, 1.807) is 12.1 Å². The lowest BCUT2D eigenvalue weighted by molar-refractivity contribution is -0.0258. The molecule has 0 saturated carbocycles. The first-order valence-corrected chi connectivity index (χ1v) is 10.8. The Morgan fingerprint density at radius 3 is 2.37 bits per heavy atom. The number of likely N-dealkylation sites (tertiary alicyclic amines) is 1. The lowest BCUT2D eigenvalue weighted by atomic mass is 10.0. The van der Waals surface area contributed by atoms with Gasteiger partial charge in [-0.15, -0.1) is 0 Å². The summed E-state index contributed by atoms with van der Waals surface area (Å²) in [6.45, 7) is 0.687. The average Bonchev–Trinajstić information content (AvgIpc) is 3.17. The van der Waals surface area contributed by atoms with E-state index in [1.807, 2.05) is 29.2 Å². The van der Waals surface area contributed by atoms with Gasteiger partial charge in [0.15, 0.2) is 0 Å². The zero-order valence-electron chi connectivity index (χ0n) is 15.1. The highest BCUT2D eigenvalue weighted by Crippen LogP contribution is 2.33. The highest BCUT2D eigenvalue weighted by Gasteiger charge is 2.31. The van der Waals surface area contributed by atoms with Gasteiger partial charge in [0.2, 0.25) is 0 Å². The maximum atomic E-state index is 13.0. The van der Waals surface area contributed by atoms with Crippen LogP contribution in [-0.2, 0) is 14.9 Å². The molecule has 2 aromatic carbocycles. The van der Waals surface area contributed by atoms with Gasteiger partial charge in [-0.25, -0.2) is 8.42 Å². The van der Waals surface area contributed by atoms with Crippen molar-refractivity contribution in [1.82, 2.24) is 9.37 Å². The third-order valence-electron chi connectivity index (χ3n) is 4.76. The molecule has 1 unspecified atom stereocenters. The third kappa shape index (κ3) is 4.08. The van der Waals surface area contributed by atoms with Gasteiger partial charge in [-0.3, -0.25) is 9.63 Å². The van der Waals surface area contributed by atoms with Crippen molar-refractivity contribution >= 4 is 31.9 Å². The zero-order valence-corrected chi connectivity index (χ0v) is 17.5. The van der Waals surface area contributed by atoms with Crippen LogP contribution in [-0.4, -0.2) is 44.4 Å². The van der Waals surface area contributed by atoms with E-state index in [0.29, 0.717) is 12.1 Å². The van der Waals surface area contributed by atoms with Crippen molar-refractivity contribution in [3.8, 4) is 0 Å². The number of carbonyl (C=O) groups excluding carboxylic acids is 1. The first-order chi connectivity index (χ1) is 12.8. The summed E-state index contributed by atoms with van der Waals surface area (Å²) >= 11 is 3.43. The van der Waals surface area contributed by atoms with Crippen LogP contribution in [0, 0.1) is 0 Å². The van der Waals surface area contributed by atoms with Crippen LogP contribution in [0.15, 0.2) is 57.9 Å². The Morgan fingerprint density at radius 1 is 1.15 bits per heavy atom. The summed E-state index contributed by atoms with van der Waals surface area (Å²) in [5.41, 5.74) is 1.57. The van der Waals surface area contributed by atoms with E-state index in [4.69, 9.17) is 4.84 Å². The molecule has 0 spiro atoms. The second-order valence-electron chi connectivity index (χ2n) is 6.33. The number of nitrogens with zero attached hydrogens (tertiary/aromatic N) is 2. The summed E-state index contributed by atoms with van der Waals surface area (Å²) in [5, 5.41) is 0. The number of hydrogen-bond donors (Lipinski definition) is 0. The third-order valence-corrected chi connectivity index (χ3v) is 6.99. The Labute approximate surface area is 167 Å². The zero-order chi connectivity index (χ0) is 19.6. The molecule has 0 radical (unpaired) electrons. The minimum absolute atomic E-state index is 0.0358. The van der Waals surface area contributed by atoms with E-state index in [2.05, 4.69) is 15.9 Å². The lowest BCUT2D eigenvalue weighted by Gasteiger charge is -2.25. The Hall–Kier alpha value is -1.74. The van der Waals surface area contributed by atoms with Gasteiger partial charge in [0, 0.05) is 23.6 Å². The van der Waals surface area contributed by atoms with Crippen LogP contribution in [0.3, 0.4) is 0 Å². The number of carbonyl (C=O) groups is 1. The van der Waals surface area contributed by atoms with E-state index in [0.717, 1.165) is 27.3 Å². The van der Waals surface area contributed by atoms with E-state index < -0.39 is 10.0 Å². The predicted octanol–water partition coefficient (Wildman–Crippen LogP) is 3.61. The molecule has 1 fully saturated rings. The second kappa shape index (κ2) is 8.10. The van der Waals surface area contributed by atoms with E-state index in [-0.39, 0.29) is 16.8 Å². The largest absolute Gasteiger partial charge is 0.332 e. The molecule has 0 bridgehead atoms. The first kappa shape index (κ1) is 20.0. The van der Waals surface area contributed by atoms with Crippen LogP contribution >= 0.6 is 15.9 Å². The highest BCUT2D eigenvalue weighted by molar-refractivity contribution is 9.10. The molecule has 1 aliphatic rings. The van der Waals surface area contributed by atoms with Gasteiger partial charge in [0.25, 0.3) is 15.9 Å². The molecule has 1 atom stereocenters. The molecule has 1 saturated heterocycles. The number of amides is 1. The molecule has 0 N–H and O–H groups in total. The Kier molecular flexibility index (Phi) is 6.00. The Balaban J connectivity index is 1.82. The SMILES string of the molecule is CON(C)S(=O)(=O)c1ccc(C(=O)N2CCCC2c2ccc(Br)cc2)cc1. The van der Waals surface area contributed by atoms with Crippen molar-refractivity contribution < 1.29 is 18.0 Å². The van der Waals surface area contributed by atoms with Gasteiger partial charge < -0.3 is 4.90 Å². The standard InChI is InChI=1S/C19H21BrN2O4S/c1-21(26-2)27(24,25)17-11-7-15(8-12-17)19(23)22-13-3-4-18(22)14-5-9-16(20)10-6-14/h5-12,18H,3-4,13H2,1-2H3. The monoisotopic (exact) mass is 452 g/mol.